The molecule has 0 amide bonds. The molecule has 2 N–H and O–H groups in total. The van der Waals surface area contributed by atoms with E-state index in [0.29, 0.717) is 0 Å². The van der Waals surface area contributed by atoms with E-state index in [4.69, 9.17) is 9.84 Å². The third kappa shape index (κ3) is 5.27. The molecule has 0 aliphatic heterocycles. The van der Waals surface area contributed by atoms with Crippen molar-refractivity contribution in [3.63, 3.8) is 0 Å². The van der Waals surface area contributed by atoms with Crippen LogP contribution in [-0.4, -0.2) is 39.3 Å². The van der Waals surface area contributed by atoms with Gasteiger partial charge in [-0.3, -0.25) is 0 Å². The lowest BCUT2D eigenvalue weighted by atomic mass is 10.2. The quantitative estimate of drug-likeness (QED) is 0.718. The molecule has 0 aromatic heterocycles. The van der Waals surface area contributed by atoms with E-state index in [9.17, 15) is 13.2 Å². The van der Waals surface area contributed by atoms with E-state index in [1.54, 1.807) is 19.1 Å². The van der Waals surface area contributed by atoms with Gasteiger partial charge in [-0.15, -0.1) is 0 Å². The Morgan fingerprint density at radius 2 is 2.16 bits per heavy atom. The molecule has 0 bridgehead atoms. The Morgan fingerprint density at radius 3 is 2.74 bits per heavy atom. The number of sulfonamides is 1. The molecule has 0 heterocycles. The van der Waals surface area contributed by atoms with Crippen molar-refractivity contribution >= 4 is 31.9 Å². The molecule has 0 saturated carbocycles. The number of carbonyl (C=O) groups is 1. The van der Waals surface area contributed by atoms with Crippen LogP contribution in [-0.2, 0) is 19.6 Å². The zero-order valence-corrected chi connectivity index (χ0v) is 12.6. The summed E-state index contributed by atoms with van der Waals surface area (Å²) in [6, 6.07) is 4.69. The third-order valence-corrected chi connectivity index (χ3v) is 4.55. The van der Waals surface area contributed by atoms with Crippen LogP contribution in [0.2, 0.25) is 0 Å². The summed E-state index contributed by atoms with van der Waals surface area (Å²) in [4.78, 5) is 10.3. The zero-order chi connectivity index (χ0) is 14.5. The average molecular weight is 352 g/mol. The van der Waals surface area contributed by atoms with Gasteiger partial charge in [-0.2, -0.15) is 0 Å². The van der Waals surface area contributed by atoms with Crippen LogP contribution in [0.15, 0.2) is 27.6 Å². The molecule has 0 unspecified atom stereocenters. The molecule has 1 aromatic rings. The van der Waals surface area contributed by atoms with Crippen molar-refractivity contribution in [2.45, 2.75) is 11.8 Å². The van der Waals surface area contributed by atoms with Gasteiger partial charge in [-0.25, -0.2) is 17.9 Å². The Balaban J connectivity index is 2.56. The molecule has 0 fully saturated rings. The van der Waals surface area contributed by atoms with Gasteiger partial charge in [0, 0.05) is 11.0 Å². The highest BCUT2D eigenvalue weighted by Gasteiger charge is 2.14. The first kappa shape index (κ1) is 16.1. The van der Waals surface area contributed by atoms with Crippen molar-refractivity contribution in [2.24, 2.45) is 0 Å². The molecule has 6 nitrogen and oxygen atoms in total. The van der Waals surface area contributed by atoms with Crippen molar-refractivity contribution < 1.29 is 23.1 Å². The van der Waals surface area contributed by atoms with Gasteiger partial charge in [0.15, 0.2) is 0 Å². The van der Waals surface area contributed by atoms with Gasteiger partial charge in [-0.1, -0.05) is 15.9 Å². The Bertz CT molecular complexity index is 558. The van der Waals surface area contributed by atoms with E-state index < -0.39 is 22.6 Å². The highest BCUT2D eigenvalue weighted by Crippen LogP contribution is 2.19. The van der Waals surface area contributed by atoms with E-state index in [-0.39, 0.29) is 18.0 Å². The van der Waals surface area contributed by atoms with E-state index in [1.165, 1.54) is 6.07 Å². The van der Waals surface area contributed by atoms with Gasteiger partial charge >= 0.3 is 5.97 Å². The molecule has 19 heavy (non-hydrogen) atoms. The molecular weight excluding hydrogens is 338 g/mol. The molecule has 0 saturated heterocycles. The average Bonchev–Trinajstić information content (AvgIpc) is 2.31. The molecule has 0 radical (unpaired) electrons. The molecule has 1 aromatic carbocycles. The van der Waals surface area contributed by atoms with Gasteiger partial charge in [0.05, 0.1) is 11.5 Å². The topological polar surface area (TPSA) is 92.7 Å². The van der Waals surface area contributed by atoms with Gasteiger partial charge in [0.25, 0.3) is 0 Å². The number of carboxylic acids is 1. The van der Waals surface area contributed by atoms with Crippen molar-refractivity contribution in [2.75, 3.05) is 19.8 Å². The zero-order valence-electron chi connectivity index (χ0n) is 10.2. The van der Waals surface area contributed by atoms with E-state index in [2.05, 4.69) is 20.7 Å². The minimum absolute atomic E-state index is 0.00103. The van der Waals surface area contributed by atoms with Crippen molar-refractivity contribution in [3.8, 4) is 0 Å². The van der Waals surface area contributed by atoms with Crippen LogP contribution in [0.3, 0.4) is 0 Å². The summed E-state index contributed by atoms with van der Waals surface area (Å²) >= 11 is 3.29. The second-order valence-corrected chi connectivity index (χ2v) is 6.38. The predicted octanol–water partition coefficient (Wildman–Crippen LogP) is 1.14. The monoisotopic (exact) mass is 351 g/mol. The molecule has 1 rings (SSSR count). The lowest BCUT2D eigenvalue weighted by molar-refractivity contribution is -0.142. The number of hydrogen-bond donors (Lipinski definition) is 2. The number of nitrogens with one attached hydrogen (secondary N) is 1. The number of halogens is 1. The van der Waals surface area contributed by atoms with Gasteiger partial charge in [0.1, 0.15) is 6.61 Å². The Kier molecular flexibility index (Phi) is 5.92. The molecular formula is C11H14BrNO5S. The Hall–Kier alpha value is -0.960. The fourth-order valence-electron chi connectivity index (χ4n) is 1.28. The van der Waals surface area contributed by atoms with Crippen LogP contribution in [0, 0.1) is 6.92 Å². The molecule has 0 atom stereocenters. The summed E-state index contributed by atoms with van der Waals surface area (Å²) < 4.78 is 31.7. The molecule has 8 heteroatoms. The summed E-state index contributed by atoms with van der Waals surface area (Å²) in [5.74, 6) is -1.09. The molecule has 106 valence electrons. The summed E-state index contributed by atoms with van der Waals surface area (Å²) in [7, 11) is -3.60. The molecule has 0 aliphatic rings. The lowest BCUT2D eigenvalue weighted by Gasteiger charge is -2.08. The maximum atomic E-state index is 11.9. The van der Waals surface area contributed by atoms with Crippen LogP contribution in [0.4, 0.5) is 0 Å². The number of hydrogen-bond acceptors (Lipinski definition) is 4. The number of aliphatic carboxylic acids is 1. The maximum absolute atomic E-state index is 11.9. The van der Waals surface area contributed by atoms with E-state index >= 15 is 0 Å². The second-order valence-electron chi connectivity index (χ2n) is 3.76. The van der Waals surface area contributed by atoms with Crippen molar-refractivity contribution in [1.29, 1.82) is 0 Å². The highest BCUT2D eigenvalue weighted by atomic mass is 79.9. The smallest absolute Gasteiger partial charge is 0.329 e. The first-order valence-electron chi connectivity index (χ1n) is 5.38. The first-order chi connectivity index (χ1) is 8.83. The fraction of sp³-hybridized carbons (Fsp3) is 0.364. The van der Waals surface area contributed by atoms with Crippen LogP contribution in [0.25, 0.3) is 0 Å². The van der Waals surface area contributed by atoms with Crippen molar-refractivity contribution in [1.82, 2.24) is 4.72 Å². The second kappa shape index (κ2) is 6.99. The predicted molar refractivity (Wildman–Crippen MR) is 72.5 cm³/mol. The fourth-order valence-corrected chi connectivity index (χ4v) is 2.62. The van der Waals surface area contributed by atoms with Gasteiger partial charge in [0.2, 0.25) is 10.0 Å². The summed E-state index contributed by atoms with van der Waals surface area (Å²) in [5, 5.41) is 8.34. The van der Waals surface area contributed by atoms with Crippen LogP contribution < -0.4 is 4.72 Å². The van der Waals surface area contributed by atoms with Crippen LogP contribution >= 0.6 is 15.9 Å². The van der Waals surface area contributed by atoms with E-state index in [0.717, 1.165) is 10.0 Å². The van der Waals surface area contributed by atoms with Crippen molar-refractivity contribution in [3.05, 3.63) is 28.2 Å². The lowest BCUT2D eigenvalue weighted by Crippen LogP contribution is -2.28. The number of benzene rings is 1. The summed E-state index contributed by atoms with van der Waals surface area (Å²) in [6.45, 7) is 1.37. The number of rotatable bonds is 7. The summed E-state index contributed by atoms with van der Waals surface area (Å²) in [5.41, 5.74) is 0.810. The molecule has 0 aliphatic carbocycles. The first-order valence-corrected chi connectivity index (χ1v) is 7.66. The number of aryl methyl sites for hydroxylation is 1. The van der Waals surface area contributed by atoms with Gasteiger partial charge in [-0.05, 0) is 30.7 Å². The standard InChI is InChI=1S/C11H14BrNO5S/c1-8-6-9(2-3-10(8)12)19(16,17)13-4-5-18-7-11(14)15/h2-3,6,13H,4-5,7H2,1H3,(H,14,15). The Labute approximate surface area is 120 Å². The van der Waals surface area contributed by atoms with Crippen LogP contribution in [0.1, 0.15) is 5.56 Å². The minimum Gasteiger partial charge on any atom is -0.480 e. The van der Waals surface area contributed by atoms with Crippen LogP contribution in [0.5, 0.6) is 0 Å². The summed E-state index contributed by atoms with van der Waals surface area (Å²) in [6.07, 6.45) is 0. The largest absolute Gasteiger partial charge is 0.480 e. The highest BCUT2D eigenvalue weighted by molar-refractivity contribution is 9.10. The van der Waals surface area contributed by atoms with E-state index in [1.807, 2.05) is 0 Å². The van der Waals surface area contributed by atoms with Gasteiger partial charge < -0.3 is 9.84 Å². The minimum atomic E-state index is -3.60. The molecule has 0 spiro atoms. The normalized spacial score (nSPS) is 11.5. The number of ether oxygens (including phenoxy) is 1. The Morgan fingerprint density at radius 1 is 1.47 bits per heavy atom. The SMILES string of the molecule is Cc1cc(S(=O)(=O)NCCOCC(=O)O)ccc1Br. The maximum Gasteiger partial charge on any atom is 0.329 e. The number of carboxylic acid groups (broad SMARTS) is 1. The third-order valence-electron chi connectivity index (χ3n) is 2.20.